The fraction of sp³-hybridized carbons (Fsp3) is 0.667. The molecule has 0 aliphatic carbocycles. The highest BCUT2D eigenvalue weighted by atomic mass is 16.2. The van der Waals surface area contributed by atoms with E-state index >= 15 is 0 Å². The largest absolute Gasteiger partial charge is 0.355 e. The number of aromatic nitrogens is 2. The number of carbonyl (C=O) groups is 1. The summed E-state index contributed by atoms with van der Waals surface area (Å²) in [4.78, 5) is 41.2. The van der Waals surface area contributed by atoms with E-state index in [1.165, 1.54) is 6.20 Å². The van der Waals surface area contributed by atoms with Crippen LogP contribution in [0.2, 0.25) is 0 Å². The monoisotopic (exact) mass is 308 g/mol. The third-order valence-electron chi connectivity index (χ3n) is 3.83. The summed E-state index contributed by atoms with van der Waals surface area (Å²) in [6, 6.07) is 0. The van der Waals surface area contributed by atoms with E-state index in [0.29, 0.717) is 18.4 Å². The van der Waals surface area contributed by atoms with Crippen molar-refractivity contribution >= 4 is 5.91 Å². The lowest BCUT2D eigenvalue weighted by atomic mass is 10.1. The Labute approximate surface area is 129 Å². The van der Waals surface area contributed by atoms with Crippen LogP contribution in [0.25, 0.3) is 0 Å². The zero-order valence-electron chi connectivity index (χ0n) is 13.1. The number of hydrogen-bond donors (Lipinski definition) is 3. The molecule has 0 bridgehead atoms. The summed E-state index contributed by atoms with van der Waals surface area (Å²) in [5, 5.41) is 2.88. The number of carbonyl (C=O) groups excluding carboxylic acids is 1. The summed E-state index contributed by atoms with van der Waals surface area (Å²) in [6.45, 7) is 8.23. The van der Waals surface area contributed by atoms with Crippen LogP contribution < -0.4 is 16.6 Å². The molecule has 3 N–H and O–H groups in total. The Hall–Kier alpha value is -1.89. The standard InChI is InChI=1S/C15H24N4O3/c1-10(2)8-19-4-3-11(9-19)6-16-13(20)5-12-7-17-15(22)18-14(12)21/h7,10-11H,3-6,8-9H2,1-2H3,(H,16,20)(H2,17,18,21,22)/t11-/m1/s1. The van der Waals surface area contributed by atoms with E-state index in [2.05, 4.69) is 34.0 Å². The molecule has 1 fully saturated rings. The van der Waals surface area contributed by atoms with Crippen LogP contribution in [-0.2, 0) is 11.2 Å². The van der Waals surface area contributed by atoms with Gasteiger partial charge in [0.25, 0.3) is 5.56 Å². The van der Waals surface area contributed by atoms with Crippen molar-refractivity contribution in [1.82, 2.24) is 20.2 Å². The van der Waals surface area contributed by atoms with E-state index in [1.54, 1.807) is 0 Å². The second-order valence-electron chi connectivity index (χ2n) is 6.39. The van der Waals surface area contributed by atoms with Crippen molar-refractivity contribution in [2.24, 2.45) is 11.8 Å². The molecule has 1 aromatic rings. The summed E-state index contributed by atoms with van der Waals surface area (Å²) >= 11 is 0. The van der Waals surface area contributed by atoms with Crippen molar-refractivity contribution in [3.63, 3.8) is 0 Å². The lowest BCUT2D eigenvalue weighted by Crippen LogP contribution is -2.34. The number of likely N-dealkylation sites (tertiary alicyclic amines) is 1. The second-order valence-corrected chi connectivity index (χ2v) is 6.39. The zero-order valence-corrected chi connectivity index (χ0v) is 13.1. The molecule has 0 aromatic carbocycles. The van der Waals surface area contributed by atoms with Crippen LogP contribution in [0.4, 0.5) is 0 Å². The van der Waals surface area contributed by atoms with Crippen molar-refractivity contribution in [2.45, 2.75) is 26.7 Å². The van der Waals surface area contributed by atoms with Crippen LogP contribution in [0.5, 0.6) is 0 Å². The maximum absolute atomic E-state index is 11.9. The van der Waals surface area contributed by atoms with E-state index in [1.807, 2.05) is 0 Å². The molecule has 0 saturated carbocycles. The number of hydrogen-bond acceptors (Lipinski definition) is 4. The smallest absolute Gasteiger partial charge is 0.325 e. The van der Waals surface area contributed by atoms with Crippen LogP contribution in [0.15, 0.2) is 15.8 Å². The zero-order chi connectivity index (χ0) is 16.1. The molecule has 7 nitrogen and oxygen atoms in total. The quantitative estimate of drug-likeness (QED) is 0.672. The van der Waals surface area contributed by atoms with Gasteiger partial charge in [0.1, 0.15) is 0 Å². The number of nitrogens with zero attached hydrogens (tertiary/aromatic N) is 1. The topological polar surface area (TPSA) is 98.1 Å². The van der Waals surface area contributed by atoms with Crippen molar-refractivity contribution in [1.29, 1.82) is 0 Å². The maximum atomic E-state index is 11.9. The van der Waals surface area contributed by atoms with Gasteiger partial charge in [-0.1, -0.05) is 13.8 Å². The highest BCUT2D eigenvalue weighted by molar-refractivity contribution is 5.78. The molecule has 22 heavy (non-hydrogen) atoms. The van der Waals surface area contributed by atoms with Gasteiger partial charge in [0.2, 0.25) is 5.91 Å². The Kier molecular flexibility index (Phi) is 5.54. The summed E-state index contributed by atoms with van der Waals surface area (Å²) < 4.78 is 0. The molecule has 122 valence electrons. The average molecular weight is 308 g/mol. The molecule has 1 amide bonds. The molecular formula is C15H24N4O3. The van der Waals surface area contributed by atoms with Crippen LogP contribution >= 0.6 is 0 Å². The Morgan fingerprint density at radius 2 is 2.23 bits per heavy atom. The molecular weight excluding hydrogens is 284 g/mol. The number of amides is 1. The molecule has 0 spiro atoms. The summed E-state index contributed by atoms with van der Waals surface area (Å²) in [5.74, 6) is 0.928. The summed E-state index contributed by atoms with van der Waals surface area (Å²) in [5.41, 5.74) is -0.807. The van der Waals surface area contributed by atoms with Gasteiger partial charge in [0, 0.05) is 31.4 Å². The van der Waals surface area contributed by atoms with E-state index < -0.39 is 11.2 Å². The predicted octanol–water partition coefficient (Wildman–Crippen LogP) is -0.300. The summed E-state index contributed by atoms with van der Waals surface area (Å²) in [6.07, 6.45) is 2.36. The van der Waals surface area contributed by atoms with E-state index in [4.69, 9.17) is 0 Å². The van der Waals surface area contributed by atoms with Crippen LogP contribution in [0.1, 0.15) is 25.8 Å². The van der Waals surface area contributed by atoms with Gasteiger partial charge in [0.15, 0.2) is 0 Å². The molecule has 1 aromatic heterocycles. The Morgan fingerprint density at radius 3 is 2.91 bits per heavy atom. The van der Waals surface area contributed by atoms with Crippen LogP contribution in [0.3, 0.4) is 0 Å². The first-order valence-corrected chi connectivity index (χ1v) is 7.74. The maximum Gasteiger partial charge on any atom is 0.325 e. The normalized spacial score (nSPS) is 18.8. The van der Waals surface area contributed by atoms with Gasteiger partial charge >= 0.3 is 5.69 Å². The predicted molar refractivity (Wildman–Crippen MR) is 83.8 cm³/mol. The van der Waals surface area contributed by atoms with Gasteiger partial charge in [0.05, 0.1) is 6.42 Å². The van der Waals surface area contributed by atoms with Crippen molar-refractivity contribution in [3.05, 3.63) is 32.6 Å². The molecule has 1 aliphatic heterocycles. The fourth-order valence-corrected chi connectivity index (χ4v) is 2.82. The number of H-pyrrole nitrogens is 2. The second kappa shape index (κ2) is 7.40. The minimum atomic E-state index is -0.564. The van der Waals surface area contributed by atoms with E-state index in [0.717, 1.165) is 26.1 Å². The van der Waals surface area contributed by atoms with E-state index in [-0.39, 0.29) is 17.9 Å². The Balaban J connectivity index is 1.76. The van der Waals surface area contributed by atoms with Gasteiger partial charge in [-0.05, 0) is 24.8 Å². The molecule has 1 atom stereocenters. The summed E-state index contributed by atoms with van der Waals surface area (Å²) in [7, 11) is 0. The molecule has 1 saturated heterocycles. The van der Waals surface area contributed by atoms with Gasteiger partial charge in [-0.25, -0.2) is 4.79 Å². The Morgan fingerprint density at radius 1 is 1.45 bits per heavy atom. The van der Waals surface area contributed by atoms with Crippen molar-refractivity contribution in [3.8, 4) is 0 Å². The third-order valence-corrected chi connectivity index (χ3v) is 3.83. The van der Waals surface area contributed by atoms with Crippen molar-refractivity contribution in [2.75, 3.05) is 26.2 Å². The van der Waals surface area contributed by atoms with Crippen LogP contribution in [-0.4, -0.2) is 47.0 Å². The SMILES string of the molecule is CC(C)CN1CC[C@H](CNC(=O)Cc2c[nH]c(=O)[nH]c2=O)C1. The van der Waals surface area contributed by atoms with Gasteiger partial charge in [-0.15, -0.1) is 0 Å². The first kappa shape index (κ1) is 16.5. The van der Waals surface area contributed by atoms with Gasteiger partial charge < -0.3 is 15.2 Å². The molecule has 7 heteroatoms. The van der Waals surface area contributed by atoms with E-state index in [9.17, 15) is 14.4 Å². The number of aromatic amines is 2. The first-order valence-electron chi connectivity index (χ1n) is 7.74. The highest BCUT2D eigenvalue weighted by Gasteiger charge is 2.23. The molecule has 0 unspecified atom stereocenters. The lowest BCUT2D eigenvalue weighted by Gasteiger charge is -2.18. The Bertz CT molecular complexity index is 620. The van der Waals surface area contributed by atoms with Gasteiger partial charge in [-0.3, -0.25) is 14.6 Å². The van der Waals surface area contributed by atoms with Crippen molar-refractivity contribution < 1.29 is 4.79 Å². The molecule has 0 radical (unpaired) electrons. The number of nitrogens with one attached hydrogen (secondary N) is 3. The molecule has 2 heterocycles. The fourth-order valence-electron chi connectivity index (χ4n) is 2.82. The van der Waals surface area contributed by atoms with Gasteiger partial charge in [-0.2, -0.15) is 0 Å². The minimum absolute atomic E-state index is 0.0193. The average Bonchev–Trinajstić information content (AvgIpc) is 2.86. The van der Waals surface area contributed by atoms with Crippen LogP contribution in [0, 0.1) is 11.8 Å². The molecule has 1 aliphatic rings. The lowest BCUT2D eigenvalue weighted by molar-refractivity contribution is -0.120. The highest BCUT2D eigenvalue weighted by Crippen LogP contribution is 2.16. The number of rotatable bonds is 6. The minimum Gasteiger partial charge on any atom is -0.355 e. The third kappa shape index (κ3) is 4.84. The first-order chi connectivity index (χ1) is 10.4. The molecule has 2 rings (SSSR count).